The number of hydrogen-bond acceptors (Lipinski definition) is 5. The van der Waals surface area contributed by atoms with Crippen LogP contribution in [0, 0.1) is 5.41 Å². The normalized spacial score (nSPS) is 30.3. The van der Waals surface area contributed by atoms with Crippen LogP contribution in [0.15, 0.2) is 0 Å². The SMILES string of the molecule is O=C1CC(N2C(=O)CC3(CCOCC3)C2=O)C(=O)N1. The molecule has 102 valence electrons. The zero-order chi connectivity index (χ0) is 13.6. The van der Waals surface area contributed by atoms with Crippen LogP contribution in [0.4, 0.5) is 0 Å². The molecule has 7 nitrogen and oxygen atoms in total. The summed E-state index contributed by atoms with van der Waals surface area (Å²) in [4.78, 5) is 48.4. The summed E-state index contributed by atoms with van der Waals surface area (Å²) < 4.78 is 5.22. The number of rotatable bonds is 1. The Morgan fingerprint density at radius 3 is 2.42 bits per heavy atom. The molecule has 19 heavy (non-hydrogen) atoms. The van der Waals surface area contributed by atoms with E-state index >= 15 is 0 Å². The van der Waals surface area contributed by atoms with Gasteiger partial charge in [-0.05, 0) is 12.8 Å². The number of imide groups is 2. The van der Waals surface area contributed by atoms with E-state index in [1.165, 1.54) is 0 Å². The lowest BCUT2D eigenvalue weighted by Gasteiger charge is -2.31. The van der Waals surface area contributed by atoms with Crippen LogP contribution >= 0.6 is 0 Å². The van der Waals surface area contributed by atoms with Crippen molar-refractivity contribution in [2.45, 2.75) is 31.7 Å². The van der Waals surface area contributed by atoms with Gasteiger partial charge in [-0.3, -0.25) is 29.4 Å². The summed E-state index contributed by atoms with van der Waals surface area (Å²) >= 11 is 0. The third-order valence-corrected chi connectivity index (χ3v) is 4.14. The number of nitrogens with one attached hydrogen (secondary N) is 1. The minimum atomic E-state index is -0.963. The zero-order valence-corrected chi connectivity index (χ0v) is 10.3. The molecule has 7 heteroatoms. The van der Waals surface area contributed by atoms with Crippen molar-refractivity contribution in [3.8, 4) is 0 Å². The molecule has 1 spiro atoms. The van der Waals surface area contributed by atoms with Gasteiger partial charge < -0.3 is 4.74 Å². The number of carbonyl (C=O) groups is 4. The first-order valence-corrected chi connectivity index (χ1v) is 6.31. The number of nitrogens with zero attached hydrogens (tertiary/aromatic N) is 1. The lowest BCUT2D eigenvalue weighted by molar-refractivity contribution is -0.149. The molecule has 3 aliphatic heterocycles. The van der Waals surface area contributed by atoms with Crippen molar-refractivity contribution in [3.05, 3.63) is 0 Å². The van der Waals surface area contributed by atoms with E-state index in [0.717, 1.165) is 4.90 Å². The fourth-order valence-electron chi connectivity index (χ4n) is 3.04. The standard InChI is InChI=1S/C12H14N2O5/c15-8-5-7(10(17)13-8)14-9(16)6-12(11(14)18)1-3-19-4-2-12/h7H,1-6H2,(H,13,15,17). The lowest BCUT2D eigenvalue weighted by atomic mass is 9.79. The van der Waals surface area contributed by atoms with Crippen LogP contribution in [0.25, 0.3) is 0 Å². The molecule has 1 atom stereocenters. The smallest absolute Gasteiger partial charge is 0.250 e. The van der Waals surface area contributed by atoms with Crippen LogP contribution in [0.3, 0.4) is 0 Å². The molecule has 0 aromatic carbocycles. The molecule has 0 saturated carbocycles. The van der Waals surface area contributed by atoms with Crippen molar-refractivity contribution in [3.63, 3.8) is 0 Å². The molecule has 3 rings (SSSR count). The van der Waals surface area contributed by atoms with Gasteiger partial charge >= 0.3 is 0 Å². The minimum Gasteiger partial charge on any atom is -0.381 e. The van der Waals surface area contributed by atoms with Gasteiger partial charge in [0.1, 0.15) is 6.04 Å². The molecule has 0 aliphatic carbocycles. The molecule has 0 radical (unpaired) electrons. The fourth-order valence-corrected chi connectivity index (χ4v) is 3.04. The van der Waals surface area contributed by atoms with Crippen LogP contribution in [0.1, 0.15) is 25.7 Å². The van der Waals surface area contributed by atoms with E-state index in [1.54, 1.807) is 0 Å². The number of hydrogen-bond donors (Lipinski definition) is 1. The Labute approximate surface area is 109 Å². The number of amides is 4. The molecule has 3 aliphatic rings. The highest BCUT2D eigenvalue weighted by atomic mass is 16.5. The predicted octanol–water partition coefficient (Wildman–Crippen LogP) is -1.04. The molecular weight excluding hydrogens is 252 g/mol. The van der Waals surface area contributed by atoms with E-state index in [-0.39, 0.29) is 24.7 Å². The number of likely N-dealkylation sites (tertiary alicyclic amines) is 1. The maximum Gasteiger partial charge on any atom is 0.250 e. The summed E-state index contributed by atoms with van der Waals surface area (Å²) in [5.41, 5.74) is -0.721. The highest BCUT2D eigenvalue weighted by Gasteiger charge is 2.56. The summed E-state index contributed by atoms with van der Waals surface area (Å²) in [6, 6.07) is -0.963. The first-order valence-electron chi connectivity index (χ1n) is 6.31. The Balaban J connectivity index is 1.87. The second-order valence-corrected chi connectivity index (χ2v) is 5.27. The topological polar surface area (TPSA) is 92.8 Å². The van der Waals surface area contributed by atoms with Gasteiger partial charge in [0.25, 0.3) is 0 Å². The van der Waals surface area contributed by atoms with Crippen LogP contribution < -0.4 is 5.32 Å². The van der Waals surface area contributed by atoms with Gasteiger partial charge in [-0.25, -0.2) is 0 Å². The predicted molar refractivity (Wildman–Crippen MR) is 60.5 cm³/mol. The van der Waals surface area contributed by atoms with Crippen molar-refractivity contribution >= 4 is 23.6 Å². The Morgan fingerprint density at radius 2 is 1.84 bits per heavy atom. The molecule has 0 aromatic heterocycles. The molecule has 3 fully saturated rings. The highest BCUT2D eigenvalue weighted by Crippen LogP contribution is 2.42. The van der Waals surface area contributed by atoms with Gasteiger partial charge in [0, 0.05) is 19.6 Å². The average molecular weight is 266 g/mol. The van der Waals surface area contributed by atoms with Gasteiger partial charge in [0.2, 0.25) is 23.6 Å². The van der Waals surface area contributed by atoms with Crippen molar-refractivity contribution < 1.29 is 23.9 Å². The summed E-state index contributed by atoms with van der Waals surface area (Å²) in [6.07, 6.45) is 0.989. The Hall–Kier alpha value is -1.76. The van der Waals surface area contributed by atoms with Crippen LogP contribution in [-0.4, -0.2) is 47.8 Å². The van der Waals surface area contributed by atoms with E-state index in [0.29, 0.717) is 26.1 Å². The second kappa shape index (κ2) is 4.12. The van der Waals surface area contributed by atoms with E-state index in [4.69, 9.17) is 4.74 Å². The van der Waals surface area contributed by atoms with Gasteiger partial charge in [-0.1, -0.05) is 0 Å². The average Bonchev–Trinajstić information content (AvgIpc) is 2.79. The van der Waals surface area contributed by atoms with Gasteiger partial charge in [-0.2, -0.15) is 0 Å². The Bertz CT molecular complexity index is 481. The van der Waals surface area contributed by atoms with Crippen LogP contribution in [0.2, 0.25) is 0 Å². The maximum atomic E-state index is 12.5. The monoisotopic (exact) mass is 266 g/mol. The zero-order valence-electron chi connectivity index (χ0n) is 10.3. The third-order valence-electron chi connectivity index (χ3n) is 4.14. The highest BCUT2D eigenvalue weighted by molar-refractivity contribution is 6.13. The van der Waals surface area contributed by atoms with Gasteiger partial charge in [-0.15, -0.1) is 0 Å². The maximum absolute atomic E-state index is 12.5. The molecular formula is C12H14N2O5. The van der Waals surface area contributed by atoms with Crippen molar-refractivity contribution in [2.75, 3.05) is 13.2 Å². The second-order valence-electron chi connectivity index (χ2n) is 5.27. The Morgan fingerprint density at radius 1 is 1.16 bits per heavy atom. The van der Waals surface area contributed by atoms with Gasteiger partial charge in [0.15, 0.2) is 0 Å². The van der Waals surface area contributed by atoms with Crippen LogP contribution in [0.5, 0.6) is 0 Å². The van der Waals surface area contributed by atoms with Crippen molar-refractivity contribution in [1.29, 1.82) is 0 Å². The van der Waals surface area contributed by atoms with E-state index in [1.807, 2.05) is 0 Å². The minimum absolute atomic E-state index is 0.118. The quantitative estimate of drug-likeness (QED) is 0.612. The first-order chi connectivity index (χ1) is 9.03. The van der Waals surface area contributed by atoms with Crippen LogP contribution in [-0.2, 0) is 23.9 Å². The summed E-state index contributed by atoms with van der Waals surface area (Å²) in [5.74, 6) is -1.68. The number of carbonyl (C=O) groups excluding carboxylic acids is 4. The molecule has 3 saturated heterocycles. The largest absolute Gasteiger partial charge is 0.381 e. The van der Waals surface area contributed by atoms with Crippen molar-refractivity contribution in [1.82, 2.24) is 10.2 Å². The van der Waals surface area contributed by atoms with E-state index in [2.05, 4.69) is 5.32 Å². The lowest BCUT2D eigenvalue weighted by Crippen LogP contribution is -2.47. The summed E-state index contributed by atoms with van der Waals surface area (Å²) in [5, 5.41) is 2.13. The third kappa shape index (κ3) is 1.76. The fraction of sp³-hybridized carbons (Fsp3) is 0.667. The van der Waals surface area contributed by atoms with Gasteiger partial charge in [0.05, 0.1) is 11.8 Å². The molecule has 0 aromatic rings. The first kappa shape index (κ1) is 12.3. The molecule has 1 N–H and O–H groups in total. The van der Waals surface area contributed by atoms with E-state index in [9.17, 15) is 19.2 Å². The Kier molecular flexibility index (Phi) is 2.67. The van der Waals surface area contributed by atoms with E-state index < -0.39 is 23.3 Å². The van der Waals surface area contributed by atoms with Crippen molar-refractivity contribution in [2.24, 2.45) is 5.41 Å². The summed E-state index contributed by atoms with van der Waals surface area (Å²) in [7, 11) is 0. The molecule has 4 amide bonds. The molecule has 0 bridgehead atoms. The molecule has 3 heterocycles. The molecule has 1 unspecified atom stereocenters. The number of ether oxygens (including phenoxy) is 1. The summed E-state index contributed by atoms with van der Waals surface area (Å²) in [6.45, 7) is 0.894.